The minimum absolute atomic E-state index is 0.0665. The maximum Gasteiger partial charge on any atom is 0.305 e. The zero-order chi connectivity index (χ0) is 30.6. The van der Waals surface area contributed by atoms with Crippen LogP contribution in [-0.4, -0.2) is 99.6 Å². The molecule has 0 radical (unpaired) electrons. The van der Waals surface area contributed by atoms with Crippen LogP contribution in [0.25, 0.3) is 0 Å². The molecule has 0 aromatic carbocycles. The fourth-order valence-electron chi connectivity index (χ4n) is 4.27. The Morgan fingerprint density at radius 2 is 1.65 bits per heavy atom. The van der Waals surface area contributed by atoms with Crippen molar-refractivity contribution in [3.8, 4) is 0 Å². The van der Waals surface area contributed by atoms with Crippen LogP contribution in [0.5, 0.6) is 0 Å². The molecule has 224 valence electrons. The smallest absolute Gasteiger partial charge is 0.305 e. The molecule has 1 rings (SSSR count). The first-order chi connectivity index (χ1) is 18.7. The largest absolute Gasteiger partial charge is 0.481 e. The second kappa shape index (κ2) is 16.2. The minimum atomic E-state index is -1.40. The summed E-state index contributed by atoms with van der Waals surface area (Å²) in [6.45, 7) is 6.20. The van der Waals surface area contributed by atoms with Crippen LogP contribution in [0.2, 0.25) is 0 Å². The van der Waals surface area contributed by atoms with Crippen molar-refractivity contribution >= 4 is 47.8 Å². The number of carboxylic acids is 2. The van der Waals surface area contributed by atoms with Gasteiger partial charge in [0, 0.05) is 32.4 Å². The van der Waals surface area contributed by atoms with Gasteiger partial charge in [-0.05, 0) is 18.8 Å². The maximum absolute atomic E-state index is 13.7. The molecule has 0 aliphatic carbocycles. The van der Waals surface area contributed by atoms with E-state index in [1.54, 1.807) is 20.8 Å². The molecule has 40 heavy (non-hydrogen) atoms. The number of hydrogen-bond donors (Lipinski definition) is 6. The highest BCUT2D eigenvalue weighted by Crippen LogP contribution is 2.21. The van der Waals surface area contributed by atoms with Crippen LogP contribution < -0.4 is 21.3 Å². The third kappa shape index (κ3) is 10.6. The Labute approximate surface area is 231 Å². The van der Waals surface area contributed by atoms with E-state index in [1.807, 2.05) is 0 Å². The van der Waals surface area contributed by atoms with E-state index in [4.69, 9.17) is 5.11 Å². The molecule has 15 nitrogen and oxygen atoms in total. The van der Waals surface area contributed by atoms with Gasteiger partial charge in [-0.1, -0.05) is 27.2 Å². The molecule has 15 heteroatoms. The minimum Gasteiger partial charge on any atom is -0.481 e. The molecule has 0 bridgehead atoms. The Kier molecular flexibility index (Phi) is 13.7. The maximum atomic E-state index is 13.7. The lowest BCUT2D eigenvalue weighted by Crippen LogP contribution is -2.58. The van der Waals surface area contributed by atoms with Gasteiger partial charge in [-0.2, -0.15) is 0 Å². The number of carboxylic acid groups (broad SMARTS) is 2. The molecule has 1 saturated heterocycles. The van der Waals surface area contributed by atoms with Gasteiger partial charge >= 0.3 is 11.9 Å². The Morgan fingerprint density at radius 1 is 1.00 bits per heavy atom. The van der Waals surface area contributed by atoms with E-state index < -0.39 is 78.6 Å². The zero-order valence-electron chi connectivity index (χ0n) is 23.1. The second-order valence-electron chi connectivity index (χ2n) is 9.77. The number of amides is 5. The van der Waals surface area contributed by atoms with E-state index in [1.165, 1.54) is 6.92 Å². The van der Waals surface area contributed by atoms with Crippen LogP contribution in [0.3, 0.4) is 0 Å². The average Bonchev–Trinajstić information content (AvgIpc) is 3.31. The second-order valence-corrected chi connectivity index (χ2v) is 9.77. The van der Waals surface area contributed by atoms with Crippen molar-refractivity contribution in [2.24, 2.45) is 5.92 Å². The van der Waals surface area contributed by atoms with Crippen molar-refractivity contribution in [2.75, 3.05) is 6.54 Å². The summed E-state index contributed by atoms with van der Waals surface area (Å²) in [5.41, 5.74) is 0. The molecule has 0 aromatic rings. The Bertz CT molecular complexity index is 987. The van der Waals surface area contributed by atoms with Crippen LogP contribution in [0, 0.1) is 5.92 Å². The highest BCUT2D eigenvalue weighted by atomic mass is 16.4. The standard InChI is InChI=1S/C25H39N5O10/c1-5-13(3)22(26-14(4)32)24(39)29-17(7-8-20(34)35)25(40)30-11-15(27-19(33)6-2)9-18(30)23(38)28-16(12-31)10-21(36)37/h12-13,15-18,22H,5-11H2,1-4H3,(H,26,32)(H,27,33)(H,28,38)(H,29,39)(H,34,35)(H,36,37)/t13-,15+,16-,17-,18-,22-/m0/s1. The molecule has 6 N–H and O–H groups in total. The van der Waals surface area contributed by atoms with Gasteiger partial charge in [-0.15, -0.1) is 0 Å². The van der Waals surface area contributed by atoms with Gasteiger partial charge in [0.05, 0.1) is 12.5 Å². The van der Waals surface area contributed by atoms with E-state index in [0.29, 0.717) is 6.42 Å². The van der Waals surface area contributed by atoms with Gasteiger partial charge in [0.25, 0.3) is 0 Å². The average molecular weight is 570 g/mol. The van der Waals surface area contributed by atoms with E-state index >= 15 is 0 Å². The van der Waals surface area contributed by atoms with Crippen LogP contribution in [0.1, 0.15) is 66.2 Å². The highest BCUT2D eigenvalue weighted by Gasteiger charge is 2.43. The third-order valence-electron chi connectivity index (χ3n) is 6.58. The van der Waals surface area contributed by atoms with E-state index in [0.717, 1.165) is 4.90 Å². The number of aldehydes is 1. The number of hydrogen-bond acceptors (Lipinski definition) is 8. The summed E-state index contributed by atoms with van der Waals surface area (Å²) >= 11 is 0. The first kappa shape index (κ1) is 34.0. The summed E-state index contributed by atoms with van der Waals surface area (Å²) in [6.07, 6.45) is -0.710. The van der Waals surface area contributed by atoms with Gasteiger partial charge in [0.15, 0.2) is 0 Å². The van der Waals surface area contributed by atoms with Crippen molar-refractivity contribution in [1.82, 2.24) is 26.2 Å². The van der Waals surface area contributed by atoms with Crippen LogP contribution in [0.15, 0.2) is 0 Å². The van der Waals surface area contributed by atoms with Gasteiger partial charge in [0.1, 0.15) is 24.4 Å². The zero-order valence-corrected chi connectivity index (χ0v) is 23.1. The summed E-state index contributed by atoms with van der Waals surface area (Å²) in [6, 6.07) is -5.72. The quantitative estimate of drug-likeness (QED) is 0.118. The number of nitrogens with one attached hydrogen (secondary N) is 4. The number of likely N-dealkylation sites (tertiary alicyclic amines) is 1. The van der Waals surface area contributed by atoms with E-state index in [9.17, 15) is 43.5 Å². The lowest BCUT2D eigenvalue weighted by atomic mass is 9.97. The summed E-state index contributed by atoms with van der Waals surface area (Å²) in [5.74, 6) is -6.11. The summed E-state index contributed by atoms with van der Waals surface area (Å²) < 4.78 is 0. The first-order valence-electron chi connectivity index (χ1n) is 13.1. The SMILES string of the molecule is CCC(=O)N[C@@H]1C[C@@H](C(=O)N[C@H](C=O)CC(=O)O)N(C(=O)[C@H](CCC(=O)O)NC(=O)[C@@H](NC(C)=O)[C@@H](C)CC)C1. The fourth-order valence-corrected chi connectivity index (χ4v) is 4.27. The predicted molar refractivity (Wildman–Crippen MR) is 138 cm³/mol. The molecule has 0 saturated carbocycles. The number of aliphatic carboxylic acids is 2. The lowest BCUT2D eigenvalue weighted by molar-refractivity contribution is -0.144. The lowest BCUT2D eigenvalue weighted by Gasteiger charge is -2.31. The number of carbonyl (C=O) groups excluding carboxylic acids is 6. The van der Waals surface area contributed by atoms with Gasteiger partial charge in [-0.3, -0.25) is 33.6 Å². The van der Waals surface area contributed by atoms with Crippen LogP contribution in [0.4, 0.5) is 0 Å². The van der Waals surface area contributed by atoms with Crippen LogP contribution >= 0.6 is 0 Å². The first-order valence-corrected chi connectivity index (χ1v) is 13.1. The third-order valence-corrected chi connectivity index (χ3v) is 6.58. The topological polar surface area (TPSA) is 228 Å². The molecular formula is C25H39N5O10. The van der Waals surface area contributed by atoms with Gasteiger partial charge in [-0.25, -0.2) is 0 Å². The summed E-state index contributed by atoms with van der Waals surface area (Å²) in [4.78, 5) is 98.3. The number of carbonyl (C=O) groups is 8. The molecule has 5 amide bonds. The monoisotopic (exact) mass is 569 g/mol. The highest BCUT2D eigenvalue weighted by molar-refractivity contribution is 5.95. The molecule has 0 unspecified atom stereocenters. The normalized spacial score (nSPS) is 19.4. The van der Waals surface area contributed by atoms with Crippen molar-refractivity contribution in [1.29, 1.82) is 0 Å². The van der Waals surface area contributed by atoms with Gasteiger partial charge < -0.3 is 41.2 Å². The summed E-state index contributed by atoms with van der Waals surface area (Å²) in [7, 11) is 0. The van der Waals surface area contributed by atoms with Crippen LogP contribution in [-0.2, 0) is 38.4 Å². The number of nitrogens with zero attached hydrogens (tertiary/aromatic N) is 1. The molecule has 1 fully saturated rings. The van der Waals surface area contributed by atoms with E-state index in [2.05, 4.69) is 21.3 Å². The molecule has 1 heterocycles. The molecule has 1 aliphatic heterocycles. The Hall–Kier alpha value is -4.04. The molecule has 0 aromatic heterocycles. The summed E-state index contributed by atoms with van der Waals surface area (Å²) in [5, 5.41) is 28.2. The Morgan fingerprint density at radius 3 is 2.15 bits per heavy atom. The molecule has 1 aliphatic rings. The number of rotatable bonds is 16. The fraction of sp³-hybridized carbons (Fsp3) is 0.680. The molecular weight excluding hydrogens is 530 g/mol. The van der Waals surface area contributed by atoms with Crippen molar-refractivity contribution in [3.05, 3.63) is 0 Å². The van der Waals surface area contributed by atoms with Gasteiger partial charge in [0.2, 0.25) is 29.5 Å². The molecule has 6 atom stereocenters. The van der Waals surface area contributed by atoms with E-state index in [-0.39, 0.29) is 43.9 Å². The molecule has 0 spiro atoms. The van der Waals surface area contributed by atoms with Crippen molar-refractivity contribution < 1.29 is 48.6 Å². The Balaban J connectivity index is 3.32. The predicted octanol–water partition coefficient (Wildman–Crippen LogP) is -1.46. The van der Waals surface area contributed by atoms with Crippen molar-refractivity contribution in [2.45, 2.75) is 96.4 Å². The van der Waals surface area contributed by atoms with Crippen molar-refractivity contribution in [3.63, 3.8) is 0 Å².